The lowest BCUT2D eigenvalue weighted by molar-refractivity contribution is -0.925. The van der Waals surface area contributed by atoms with Gasteiger partial charge in [0.2, 0.25) is 0 Å². The Morgan fingerprint density at radius 3 is 1.92 bits per heavy atom. The summed E-state index contributed by atoms with van der Waals surface area (Å²) in [7, 11) is 0. The first kappa shape index (κ1) is 12.9. The highest BCUT2D eigenvalue weighted by Gasteiger charge is 2.20. The van der Waals surface area contributed by atoms with Crippen LogP contribution in [0.3, 0.4) is 0 Å². The molecule has 0 fully saturated rings. The normalized spacial score (nSPS) is 12.0. The van der Waals surface area contributed by atoms with Gasteiger partial charge < -0.3 is 9.22 Å². The van der Waals surface area contributed by atoms with Crippen LogP contribution in [0.5, 0.6) is 0 Å². The van der Waals surface area contributed by atoms with Crippen LogP contribution in [0, 0.1) is 0 Å². The van der Waals surface area contributed by atoms with Crippen LogP contribution >= 0.6 is 0 Å². The van der Waals surface area contributed by atoms with Crippen LogP contribution in [0.25, 0.3) is 0 Å². The number of rotatable bonds is 8. The Bertz CT molecular complexity index is 111. The standard InChI is InChI=1S/C11H26NO/c1-5-9-12(6-2,7-3)10-11-13-8-4/h5-11H2,1-4H3/q+1. The van der Waals surface area contributed by atoms with E-state index in [4.69, 9.17) is 4.74 Å². The third kappa shape index (κ3) is 4.63. The summed E-state index contributed by atoms with van der Waals surface area (Å²) in [6.07, 6.45) is 1.27. The average molecular weight is 188 g/mol. The van der Waals surface area contributed by atoms with Crippen LogP contribution in [0.1, 0.15) is 34.1 Å². The van der Waals surface area contributed by atoms with Crippen molar-refractivity contribution in [1.29, 1.82) is 0 Å². The first-order valence-corrected chi connectivity index (χ1v) is 5.67. The molecule has 0 unspecified atom stereocenters. The van der Waals surface area contributed by atoms with Gasteiger partial charge in [0.15, 0.2) is 0 Å². The summed E-state index contributed by atoms with van der Waals surface area (Å²) >= 11 is 0. The summed E-state index contributed by atoms with van der Waals surface area (Å²) in [6.45, 7) is 15.6. The van der Waals surface area contributed by atoms with E-state index in [-0.39, 0.29) is 0 Å². The van der Waals surface area contributed by atoms with E-state index >= 15 is 0 Å². The van der Waals surface area contributed by atoms with E-state index in [0.717, 1.165) is 13.2 Å². The number of likely N-dealkylation sites (N-methyl/N-ethyl adjacent to an activating group) is 1. The molecule has 0 N–H and O–H groups in total. The summed E-state index contributed by atoms with van der Waals surface area (Å²) in [5.41, 5.74) is 0. The average Bonchev–Trinajstić information content (AvgIpc) is 2.17. The van der Waals surface area contributed by atoms with Crippen LogP contribution in [0.2, 0.25) is 0 Å². The van der Waals surface area contributed by atoms with Crippen molar-refractivity contribution in [3.8, 4) is 0 Å². The molecule has 0 amide bonds. The smallest absolute Gasteiger partial charge is 0.102 e. The van der Waals surface area contributed by atoms with Gasteiger partial charge in [-0.15, -0.1) is 0 Å². The molecule has 2 heteroatoms. The molecule has 0 aliphatic rings. The number of hydrogen-bond donors (Lipinski definition) is 0. The first-order chi connectivity index (χ1) is 6.24. The third-order valence-electron chi connectivity index (χ3n) is 2.95. The zero-order valence-corrected chi connectivity index (χ0v) is 9.81. The zero-order valence-electron chi connectivity index (χ0n) is 9.81. The molecule has 0 saturated carbocycles. The van der Waals surface area contributed by atoms with Gasteiger partial charge >= 0.3 is 0 Å². The maximum Gasteiger partial charge on any atom is 0.102 e. The number of ether oxygens (including phenoxy) is 1. The lowest BCUT2D eigenvalue weighted by atomic mass is 10.3. The second kappa shape index (κ2) is 7.34. The summed E-state index contributed by atoms with van der Waals surface area (Å²) in [5.74, 6) is 0. The van der Waals surface area contributed by atoms with E-state index in [9.17, 15) is 0 Å². The third-order valence-corrected chi connectivity index (χ3v) is 2.95. The summed E-state index contributed by atoms with van der Waals surface area (Å²) in [6, 6.07) is 0. The fourth-order valence-electron chi connectivity index (χ4n) is 1.84. The SMILES string of the molecule is CCC[N+](CC)(CC)CCOCC. The van der Waals surface area contributed by atoms with E-state index in [1.807, 2.05) is 0 Å². The molecule has 0 aliphatic carbocycles. The van der Waals surface area contributed by atoms with Crippen molar-refractivity contribution in [1.82, 2.24) is 0 Å². The predicted molar refractivity (Wildman–Crippen MR) is 57.9 cm³/mol. The van der Waals surface area contributed by atoms with Crippen LogP contribution in [-0.2, 0) is 4.74 Å². The second-order valence-corrected chi connectivity index (χ2v) is 3.62. The summed E-state index contributed by atoms with van der Waals surface area (Å²) in [4.78, 5) is 0. The molecule has 0 aromatic heterocycles. The maximum atomic E-state index is 5.42. The largest absolute Gasteiger partial charge is 0.376 e. The molecule has 0 rings (SSSR count). The minimum atomic E-state index is 0.847. The molecule has 0 atom stereocenters. The summed E-state index contributed by atoms with van der Waals surface area (Å²) < 4.78 is 6.64. The molecule has 0 aliphatic heterocycles. The van der Waals surface area contributed by atoms with Crippen LogP contribution < -0.4 is 0 Å². The topological polar surface area (TPSA) is 9.23 Å². The minimum absolute atomic E-state index is 0.847. The van der Waals surface area contributed by atoms with Crippen molar-refractivity contribution in [3.05, 3.63) is 0 Å². The number of nitrogens with zero attached hydrogens (tertiary/aromatic N) is 1. The van der Waals surface area contributed by atoms with E-state index in [0.29, 0.717) is 0 Å². The van der Waals surface area contributed by atoms with Gasteiger partial charge in [0.05, 0.1) is 26.2 Å². The molecule has 0 saturated heterocycles. The minimum Gasteiger partial charge on any atom is -0.376 e. The van der Waals surface area contributed by atoms with Gasteiger partial charge in [0, 0.05) is 6.61 Å². The molecular formula is C11H26NO+. The second-order valence-electron chi connectivity index (χ2n) is 3.62. The molecule has 2 nitrogen and oxygen atoms in total. The van der Waals surface area contributed by atoms with Crippen LogP contribution in [0.15, 0.2) is 0 Å². The molecular weight excluding hydrogens is 162 g/mol. The highest BCUT2D eigenvalue weighted by Crippen LogP contribution is 2.07. The molecule has 0 radical (unpaired) electrons. The van der Waals surface area contributed by atoms with Gasteiger partial charge in [0.1, 0.15) is 6.54 Å². The number of hydrogen-bond acceptors (Lipinski definition) is 1. The lowest BCUT2D eigenvalue weighted by Crippen LogP contribution is -2.50. The highest BCUT2D eigenvalue weighted by molar-refractivity contribution is 4.40. The highest BCUT2D eigenvalue weighted by atomic mass is 16.5. The molecule has 0 bridgehead atoms. The van der Waals surface area contributed by atoms with Crippen LogP contribution in [0.4, 0.5) is 0 Å². The quantitative estimate of drug-likeness (QED) is 0.419. The molecule has 0 aromatic rings. The fraction of sp³-hybridized carbons (Fsp3) is 1.00. The molecule has 0 spiro atoms. The molecule has 13 heavy (non-hydrogen) atoms. The van der Waals surface area contributed by atoms with Crippen molar-refractivity contribution in [2.45, 2.75) is 34.1 Å². The van der Waals surface area contributed by atoms with Gasteiger partial charge in [-0.2, -0.15) is 0 Å². The Kier molecular flexibility index (Phi) is 7.29. The Morgan fingerprint density at radius 2 is 1.54 bits per heavy atom. The van der Waals surface area contributed by atoms with Crippen molar-refractivity contribution in [2.24, 2.45) is 0 Å². The number of quaternary nitrogens is 1. The Morgan fingerprint density at radius 1 is 0.923 bits per heavy atom. The summed E-state index contributed by atoms with van der Waals surface area (Å²) in [5, 5.41) is 0. The maximum absolute atomic E-state index is 5.42. The van der Waals surface area contributed by atoms with Crippen molar-refractivity contribution < 1.29 is 9.22 Å². The van der Waals surface area contributed by atoms with Gasteiger partial charge in [-0.25, -0.2) is 0 Å². The fourth-order valence-corrected chi connectivity index (χ4v) is 1.84. The van der Waals surface area contributed by atoms with Gasteiger partial charge in [0.25, 0.3) is 0 Å². The van der Waals surface area contributed by atoms with E-state index in [2.05, 4.69) is 27.7 Å². The van der Waals surface area contributed by atoms with E-state index in [1.165, 1.54) is 37.1 Å². The molecule has 0 heterocycles. The van der Waals surface area contributed by atoms with Crippen molar-refractivity contribution in [3.63, 3.8) is 0 Å². The monoisotopic (exact) mass is 188 g/mol. The Labute approximate surface area is 83.5 Å². The lowest BCUT2D eigenvalue weighted by Gasteiger charge is -2.36. The van der Waals surface area contributed by atoms with Crippen molar-refractivity contribution >= 4 is 0 Å². The Hall–Kier alpha value is -0.0800. The molecule has 0 aromatic carbocycles. The van der Waals surface area contributed by atoms with E-state index < -0.39 is 0 Å². The predicted octanol–water partition coefficient (Wildman–Crippen LogP) is 2.29. The van der Waals surface area contributed by atoms with Gasteiger partial charge in [-0.1, -0.05) is 6.92 Å². The van der Waals surface area contributed by atoms with Crippen molar-refractivity contribution in [2.75, 3.05) is 39.4 Å². The van der Waals surface area contributed by atoms with Crippen LogP contribution in [-0.4, -0.2) is 43.9 Å². The zero-order chi connectivity index (χ0) is 10.2. The molecule has 80 valence electrons. The van der Waals surface area contributed by atoms with E-state index in [1.54, 1.807) is 0 Å². The Balaban J connectivity index is 3.89. The first-order valence-electron chi connectivity index (χ1n) is 5.67. The van der Waals surface area contributed by atoms with Gasteiger partial charge in [-0.3, -0.25) is 0 Å². The van der Waals surface area contributed by atoms with Gasteiger partial charge in [-0.05, 0) is 27.2 Å².